The predicted molar refractivity (Wildman–Crippen MR) is 215 cm³/mol. The van der Waals surface area contributed by atoms with E-state index in [2.05, 4.69) is 167 Å². The fraction of sp³-hybridized carbons (Fsp3) is 0. The zero-order valence-corrected chi connectivity index (χ0v) is 27.9. The summed E-state index contributed by atoms with van der Waals surface area (Å²) in [6.07, 6.45) is 0. The molecule has 4 heterocycles. The van der Waals surface area contributed by atoms with Crippen molar-refractivity contribution in [2.24, 2.45) is 0 Å². The second-order valence-electron chi connectivity index (χ2n) is 13.7. The van der Waals surface area contributed by atoms with Crippen LogP contribution in [0.4, 0.5) is 0 Å². The Morgan fingerprint density at radius 2 is 0.788 bits per heavy atom. The number of hydrogen-bond acceptors (Lipinski definition) is 2. The molecule has 4 aromatic heterocycles. The zero-order chi connectivity index (χ0) is 33.9. The molecule has 0 saturated heterocycles. The summed E-state index contributed by atoms with van der Waals surface area (Å²) >= 11 is 0. The Bertz CT molecular complexity index is 3410. The van der Waals surface area contributed by atoms with Crippen molar-refractivity contribution in [3.63, 3.8) is 0 Å². The van der Waals surface area contributed by atoms with Crippen LogP contribution in [0.25, 0.3) is 110 Å². The minimum atomic E-state index is 0.913. The van der Waals surface area contributed by atoms with Crippen LogP contribution in [-0.2, 0) is 0 Å². The summed E-state index contributed by atoms with van der Waals surface area (Å²) < 4.78 is 17.4. The summed E-state index contributed by atoms with van der Waals surface area (Å²) in [5.41, 5.74) is 12.9. The number of hydrogen-bond donors (Lipinski definition) is 0. The van der Waals surface area contributed by atoms with Crippen LogP contribution in [0, 0.1) is 0 Å². The molecule has 0 aliphatic rings. The first-order chi connectivity index (χ1) is 25.8. The van der Waals surface area contributed by atoms with E-state index in [4.69, 9.17) is 8.83 Å². The first kappa shape index (κ1) is 27.7. The molecule has 0 bridgehead atoms. The van der Waals surface area contributed by atoms with Gasteiger partial charge >= 0.3 is 0 Å². The molecule has 0 radical (unpaired) electrons. The van der Waals surface area contributed by atoms with E-state index in [0.29, 0.717) is 0 Å². The van der Waals surface area contributed by atoms with Crippen molar-refractivity contribution in [1.82, 2.24) is 9.13 Å². The molecule has 8 aromatic carbocycles. The maximum Gasteiger partial charge on any atom is 0.136 e. The Morgan fingerprint density at radius 3 is 1.37 bits per heavy atom. The largest absolute Gasteiger partial charge is 0.456 e. The van der Waals surface area contributed by atoms with Crippen LogP contribution in [0.5, 0.6) is 0 Å². The van der Waals surface area contributed by atoms with E-state index in [1.54, 1.807) is 0 Å². The lowest BCUT2D eigenvalue weighted by atomic mass is 10.0. The highest BCUT2D eigenvalue weighted by Gasteiger charge is 2.20. The van der Waals surface area contributed by atoms with Crippen LogP contribution in [0.15, 0.2) is 179 Å². The SMILES string of the molecule is c1cc(-c2ccc(-n3c4ccccc4c4c5c(ccc43)oc3ccccc35)cc2)cc(-n2c3ccccc3c3c4c(ccc32)oc2ccccc24)c1. The standard InChI is InChI=1S/C48H28N2O2/c1-5-16-37-33(12-1)45-39(24-26-43-47(45)35-14-3-7-18-41(35)51-43)49(37)31-22-20-29(21-23-31)30-10-9-11-32(28-30)50-38-17-6-2-13-34(38)46-40(50)25-27-44-48(46)36-15-4-8-19-42(36)52-44/h1-28H. The molecule has 52 heavy (non-hydrogen) atoms. The van der Waals surface area contributed by atoms with E-state index in [1.165, 1.54) is 65.5 Å². The van der Waals surface area contributed by atoms with Gasteiger partial charge in [0.15, 0.2) is 0 Å². The van der Waals surface area contributed by atoms with Crippen LogP contribution in [0.2, 0.25) is 0 Å². The average Bonchev–Trinajstić information content (AvgIpc) is 3.95. The number of furan rings is 2. The van der Waals surface area contributed by atoms with E-state index in [0.717, 1.165) is 44.5 Å². The third kappa shape index (κ3) is 3.70. The summed E-state index contributed by atoms with van der Waals surface area (Å²) in [6, 6.07) is 60.5. The summed E-state index contributed by atoms with van der Waals surface area (Å²) in [5.74, 6) is 0. The molecule has 12 rings (SSSR count). The van der Waals surface area contributed by atoms with Gasteiger partial charge in [0, 0.05) is 54.5 Å². The van der Waals surface area contributed by atoms with Crippen molar-refractivity contribution in [2.45, 2.75) is 0 Å². The minimum absolute atomic E-state index is 0.913. The molecule has 0 spiro atoms. The third-order valence-electron chi connectivity index (χ3n) is 10.9. The molecule has 242 valence electrons. The molecule has 0 N–H and O–H groups in total. The highest BCUT2D eigenvalue weighted by molar-refractivity contribution is 6.28. The minimum Gasteiger partial charge on any atom is -0.456 e. The number of nitrogens with zero attached hydrogens (tertiary/aromatic N) is 2. The lowest BCUT2D eigenvalue weighted by Gasteiger charge is -2.12. The molecule has 0 fully saturated rings. The van der Waals surface area contributed by atoms with Crippen LogP contribution in [-0.4, -0.2) is 9.13 Å². The number of fused-ring (bicyclic) bond motifs is 14. The maximum absolute atomic E-state index is 6.30. The topological polar surface area (TPSA) is 36.1 Å². The molecule has 0 saturated carbocycles. The fourth-order valence-electron chi connectivity index (χ4n) is 8.73. The maximum atomic E-state index is 6.30. The van der Waals surface area contributed by atoms with Crippen LogP contribution in [0.1, 0.15) is 0 Å². The van der Waals surface area contributed by atoms with Gasteiger partial charge in [0.1, 0.15) is 22.3 Å². The van der Waals surface area contributed by atoms with Gasteiger partial charge in [0.25, 0.3) is 0 Å². The average molecular weight is 665 g/mol. The molecule has 4 heteroatoms. The van der Waals surface area contributed by atoms with Crippen LogP contribution >= 0.6 is 0 Å². The van der Waals surface area contributed by atoms with Crippen molar-refractivity contribution < 1.29 is 8.83 Å². The Morgan fingerprint density at radius 1 is 0.288 bits per heavy atom. The molecule has 0 aliphatic heterocycles. The van der Waals surface area contributed by atoms with Gasteiger partial charge in [0.2, 0.25) is 0 Å². The molecule has 12 aromatic rings. The number of aromatic nitrogens is 2. The normalized spacial score (nSPS) is 12.2. The van der Waals surface area contributed by atoms with Crippen molar-refractivity contribution in [3.05, 3.63) is 170 Å². The van der Waals surface area contributed by atoms with Gasteiger partial charge in [0.05, 0.1) is 22.1 Å². The van der Waals surface area contributed by atoms with Gasteiger partial charge in [-0.05, 0) is 83.9 Å². The lowest BCUT2D eigenvalue weighted by molar-refractivity contribution is 0.669. The highest BCUT2D eigenvalue weighted by atomic mass is 16.3. The number of rotatable bonds is 3. The quantitative estimate of drug-likeness (QED) is 0.188. The molecule has 0 unspecified atom stereocenters. The second-order valence-corrected chi connectivity index (χ2v) is 13.7. The lowest BCUT2D eigenvalue weighted by Crippen LogP contribution is -1.95. The van der Waals surface area contributed by atoms with E-state index in [-0.39, 0.29) is 0 Å². The van der Waals surface area contributed by atoms with Crippen molar-refractivity contribution in [2.75, 3.05) is 0 Å². The van der Waals surface area contributed by atoms with Crippen LogP contribution in [0.3, 0.4) is 0 Å². The molecule has 0 atom stereocenters. The van der Waals surface area contributed by atoms with Crippen LogP contribution < -0.4 is 0 Å². The summed E-state index contributed by atoms with van der Waals surface area (Å²) in [6.45, 7) is 0. The highest BCUT2D eigenvalue weighted by Crippen LogP contribution is 2.43. The van der Waals surface area contributed by atoms with Crippen molar-refractivity contribution in [3.8, 4) is 22.5 Å². The van der Waals surface area contributed by atoms with Gasteiger partial charge in [-0.25, -0.2) is 0 Å². The summed E-state index contributed by atoms with van der Waals surface area (Å²) in [7, 11) is 0. The third-order valence-corrected chi connectivity index (χ3v) is 10.9. The van der Waals surface area contributed by atoms with E-state index >= 15 is 0 Å². The van der Waals surface area contributed by atoms with Gasteiger partial charge in [-0.3, -0.25) is 0 Å². The Balaban J connectivity index is 1.02. The molecule has 0 amide bonds. The van der Waals surface area contributed by atoms with Gasteiger partial charge in [-0.15, -0.1) is 0 Å². The van der Waals surface area contributed by atoms with Gasteiger partial charge in [-0.1, -0.05) is 97.1 Å². The number of benzene rings is 8. The van der Waals surface area contributed by atoms with E-state index in [1.807, 2.05) is 12.1 Å². The predicted octanol–water partition coefficient (Wildman–Crippen LogP) is 13.3. The van der Waals surface area contributed by atoms with Gasteiger partial charge in [-0.2, -0.15) is 0 Å². The van der Waals surface area contributed by atoms with Crippen molar-refractivity contribution in [1.29, 1.82) is 0 Å². The van der Waals surface area contributed by atoms with E-state index < -0.39 is 0 Å². The molecule has 0 aliphatic carbocycles. The Labute approximate surface area is 296 Å². The Kier molecular flexibility index (Phi) is 5.47. The fourth-order valence-corrected chi connectivity index (χ4v) is 8.73. The molecular weight excluding hydrogens is 637 g/mol. The molecular formula is C48H28N2O2. The Hall–Kier alpha value is -7.04. The first-order valence-electron chi connectivity index (χ1n) is 17.7. The van der Waals surface area contributed by atoms with Crippen molar-refractivity contribution >= 4 is 87.5 Å². The number of para-hydroxylation sites is 4. The second kappa shape index (κ2) is 10.3. The molecule has 4 nitrogen and oxygen atoms in total. The van der Waals surface area contributed by atoms with E-state index in [9.17, 15) is 0 Å². The zero-order valence-electron chi connectivity index (χ0n) is 27.9. The summed E-state index contributed by atoms with van der Waals surface area (Å²) in [4.78, 5) is 0. The van der Waals surface area contributed by atoms with Gasteiger partial charge < -0.3 is 18.0 Å². The smallest absolute Gasteiger partial charge is 0.136 e. The summed E-state index contributed by atoms with van der Waals surface area (Å²) in [5, 5.41) is 9.51. The first-order valence-corrected chi connectivity index (χ1v) is 17.7. The monoisotopic (exact) mass is 664 g/mol.